The predicted octanol–water partition coefficient (Wildman–Crippen LogP) is 2.22. The lowest BCUT2D eigenvalue weighted by molar-refractivity contribution is 0.000400. The van der Waals surface area contributed by atoms with E-state index < -0.39 is 6.10 Å². The second-order valence-corrected chi connectivity index (χ2v) is 6.46. The molecule has 2 aliphatic rings. The molecule has 1 aromatic carbocycles. The number of aliphatic hydroxyl groups is 1. The summed E-state index contributed by atoms with van der Waals surface area (Å²) in [5.74, 6) is -0.449. The topological polar surface area (TPSA) is 57.6 Å². The van der Waals surface area contributed by atoms with Gasteiger partial charge in [-0.1, -0.05) is 26.0 Å². The molecule has 0 saturated heterocycles. The van der Waals surface area contributed by atoms with Gasteiger partial charge in [0.2, 0.25) is 0 Å². The summed E-state index contributed by atoms with van der Waals surface area (Å²) in [6.07, 6.45) is 1.58. The molecule has 1 aromatic rings. The van der Waals surface area contributed by atoms with Crippen molar-refractivity contribution in [1.82, 2.24) is 4.90 Å². The minimum Gasteiger partial charge on any atom is -0.393 e. The van der Waals surface area contributed by atoms with E-state index in [1.54, 1.807) is 24.3 Å². The Balaban J connectivity index is 1.99. The Morgan fingerprint density at radius 3 is 2.25 bits per heavy atom. The fourth-order valence-electron chi connectivity index (χ4n) is 3.35. The molecule has 1 aliphatic heterocycles. The summed E-state index contributed by atoms with van der Waals surface area (Å²) >= 11 is 0. The average Bonchev–Trinajstić information content (AvgIpc) is 2.66. The molecule has 106 valence electrons. The Kier molecular flexibility index (Phi) is 2.94. The van der Waals surface area contributed by atoms with Crippen LogP contribution in [0, 0.1) is 5.41 Å². The molecular formula is C16H19NO3. The van der Waals surface area contributed by atoms with Crippen molar-refractivity contribution in [3.8, 4) is 0 Å². The summed E-state index contributed by atoms with van der Waals surface area (Å²) in [4.78, 5) is 26.4. The van der Waals surface area contributed by atoms with E-state index in [4.69, 9.17) is 0 Å². The van der Waals surface area contributed by atoms with Gasteiger partial charge in [0.25, 0.3) is 11.8 Å². The number of amides is 2. The zero-order valence-corrected chi connectivity index (χ0v) is 11.8. The van der Waals surface area contributed by atoms with E-state index in [-0.39, 0.29) is 23.3 Å². The van der Waals surface area contributed by atoms with Crippen molar-refractivity contribution >= 4 is 11.8 Å². The van der Waals surface area contributed by atoms with Crippen LogP contribution in [-0.2, 0) is 0 Å². The number of aliphatic hydroxyl groups excluding tert-OH is 1. The van der Waals surface area contributed by atoms with E-state index in [1.165, 1.54) is 4.90 Å². The maximum atomic E-state index is 12.5. The van der Waals surface area contributed by atoms with Crippen LogP contribution < -0.4 is 0 Å². The van der Waals surface area contributed by atoms with Gasteiger partial charge in [-0.3, -0.25) is 14.5 Å². The molecule has 1 fully saturated rings. The molecule has 0 aromatic heterocycles. The first kappa shape index (κ1) is 13.3. The number of nitrogens with zero attached hydrogens (tertiary/aromatic N) is 1. The molecule has 2 amide bonds. The molecule has 1 saturated carbocycles. The third-order valence-electron chi connectivity index (χ3n) is 4.66. The van der Waals surface area contributed by atoms with Crippen molar-refractivity contribution in [2.75, 3.05) is 0 Å². The van der Waals surface area contributed by atoms with Crippen LogP contribution in [-0.4, -0.2) is 34.0 Å². The molecule has 4 heteroatoms. The number of fused-ring (bicyclic) bond motifs is 1. The van der Waals surface area contributed by atoms with E-state index in [0.29, 0.717) is 17.5 Å². The largest absolute Gasteiger partial charge is 0.393 e. The lowest BCUT2D eigenvalue weighted by Gasteiger charge is -2.44. The van der Waals surface area contributed by atoms with Crippen LogP contribution in [0.3, 0.4) is 0 Å². The third kappa shape index (κ3) is 1.86. The monoisotopic (exact) mass is 273 g/mol. The Morgan fingerprint density at radius 1 is 1.15 bits per heavy atom. The van der Waals surface area contributed by atoms with Gasteiger partial charge in [-0.15, -0.1) is 0 Å². The first-order valence-corrected chi connectivity index (χ1v) is 7.07. The molecule has 1 aliphatic carbocycles. The van der Waals surface area contributed by atoms with Crippen LogP contribution >= 0.6 is 0 Å². The van der Waals surface area contributed by atoms with Crippen molar-refractivity contribution in [1.29, 1.82) is 0 Å². The Hall–Kier alpha value is -1.68. The van der Waals surface area contributed by atoms with Gasteiger partial charge < -0.3 is 5.11 Å². The molecule has 4 nitrogen and oxygen atoms in total. The van der Waals surface area contributed by atoms with Gasteiger partial charge in [0.1, 0.15) is 0 Å². The lowest BCUT2D eigenvalue weighted by Crippen LogP contribution is -2.52. The third-order valence-corrected chi connectivity index (χ3v) is 4.66. The van der Waals surface area contributed by atoms with Crippen molar-refractivity contribution in [2.45, 2.75) is 45.3 Å². The van der Waals surface area contributed by atoms with Crippen LogP contribution in [0.1, 0.15) is 53.8 Å². The Bertz CT molecular complexity index is 544. The Morgan fingerprint density at radius 2 is 1.70 bits per heavy atom. The van der Waals surface area contributed by atoms with Gasteiger partial charge in [-0.25, -0.2) is 0 Å². The number of benzene rings is 1. The molecule has 0 spiro atoms. The predicted molar refractivity (Wildman–Crippen MR) is 74.4 cm³/mol. The molecule has 2 unspecified atom stereocenters. The van der Waals surface area contributed by atoms with Gasteiger partial charge in [-0.2, -0.15) is 0 Å². The minimum atomic E-state index is -0.433. The molecule has 20 heavy (non-hydrogen) atoms. The quantitative estimate of drug-likeness (QED) is 0.798. The van der Waals surface area contributed by atoms with Crippen LogP contribution in [0.25, 0.3) is 0 Å². The SMILES string of the molecule is CC1(C)CCC(O)CC1N1C(=O)c2ccccc2C1=O. The van der Waals surface area contributed by atoms with Crippen LogP contribution in [0.4, 0.5) is 0 Å². The maximum absolute atomic E-state index is 12.5. The van der Waals surface area contributed by atoms with Crippen LogP contribution in [0.15, 0.2) is 24.3 Å². The molecule has 3 rings (SSSR count). The summed E-state index contributed by atoms with van der Waals surface area (Å²) in [6, 6.07) is 6.70. The second kappa shape index (κ2) is 4.42. The number of rotatable bonds is 1. The van der Waals surface area contributed by atoms with E-state index in [2.05, 4.69) is 13.8 Å². The van der Waals surface area contributed by atoms with Crippen LogP contribution in [0.2, 0.25) is 0 Å². The first-order valence-electron chi connectivity index (χ1n) is 7.07. The van der Waals surface area contributed by atoms with Crippen molar-refractivity contribution < 1.29 is 14.7 Å². The van der Waals surface area contributed by atoms with Gasteiger partial charge >= 0.3 is 0 Å². The second-order valence-electron chi connectivity index (χ2n) is 6.46. The lowest BCUT2D eigenvalue weighted by atomic mass is 9.71. The smallest absolute Gasteiger partial charge is 0.261 e. The fraction of sp³-hybridized carbons (Fsp3) is 0.500. The molecule has 0 radical (unpaired) electrons. The first-order chi connectivity index (χ1) is 9.42. The highest BCUT2D eigenvalue weighted by Crippen LogP contribution is 2.41. The highest BCUT2D eigenvalue weighted by atomic mass is 16.3. The van der Waals surface area contributed by atoms with Crippen molar-refractivity contribution in [2.24, 2.45) is 5.41 Å². The Labute approximate surface area is 118 Å². The van der Waals surface area contributed by atoms with Gasteiger partial charge in [0, 0.05) is 6.04 Å². The molecule has 1 N–H and O–H groups in total. The fourth-order valence-corrected chi connectivity index (χ4v) is 3.35. The molecule has 2 atom stereocenters. The average molecular weight is 273 g/mol. The van der Waals surface area contributed by atoms with Gasteiger partial charge in [-0.05, 0) is 36.8 Å². The van der Waals surface area contributed by atoms with E-state index >= 15 is 0 Å². The number of hydrogen-bond donors (Lipinski definition) is 1. The van der Waals surface area contributed by atoms with E-state index in [1.807, 2.05) is 0 Å². The van der Waals surface area contributed by atoms with Gasteiger partial charge in [0.05, 0.1) is 17.2 Å². The summed E-state index contributed by atoms with van der Waals surface area (Å²) in [5.41, 5.74) is 0.800. The summed E-state index contributed by atoms with van der Waals surface area (Å²) < 4.78 is 0. The normalized spacial score (nSPS) is 28.6. The van der Waals surface area contributed by atoms with Crippen molar-refractivity contribution in [3.63, 3.8) is 0 Å². The van der Waals surface area contributed by atoms with E-state index in [0.717, 1.165) is 12.8 Å². The minimum absolute atomic E-state index is 0.160. The summed E-state index contributed by atoms with van der Waals surface area (Å²) in [6.45, 7) is 4.13. The molecular weight excluding hydrogens is 254 g/mol. The highest BCUT2D eigenvalue weighted by Gasteiger charge is 2.47. The number of carbonyl (C=O) groups is 2. The zero-order chi connectivity index (χ0) is 14.5. The molecule has 1 heterocycles. The summed E-state index contributed by atoms with van der Waals surface area (Å²) in [5, 5.41) is 9.91. The van der Waals surface area contributed by atoms with Gasteiger partial charge in [0.15, 0.2) is 0 Å². The highest BCUT2D eigenvalue weighted by molar-refractivity contribution is 6.21. The molecule has 0 bridgehead atoms. The van der Waals surface area contributed by atoms with Crippen LogP contribution in [0.5, 0.6) is 0 Å². The van der Waals surface area contributed by atoms with Crippen molar-refractivity contribution in [3.05, 3.63) is 35.4 Å². The maximum Gasteiger partial charge on any atom is 0.261 e. The number of hydrogen-bond acceptors (Lipinski definition) is 3. The zero-order valence-electron chi connectivity index (χ0n) is 11.8. The number of carbonyl (C=O) groups excluding carboxylic acids is 2. The van der Waals surface area contributed by atoms with E-state index in [9.17, 15) is 14.7 Å². The summed E-state index contributed by atoms with van der Waals surface area (Å²) in [7, 11) is 0. The standard InChI is InChI=1S/C16H19NO3/c1-16(2)8-7-10(18)9-13(16)17-14(19)11-5-3-4-6-12(11)15(17)20/h3-6,10,13,18H,7-9H2,1-2H3. The number of imide groups is 1.